The van der Waals surface area contributed by atoms with Crippen LogP contribution in [0.15, 0.2) is 18.2 Å². The molecule has 1 fully saturated rings. The predicted molar refractivity (Wildman–Crippen MR) is 66.0 cm³/mol. The molecule has 0 bridgehead atoms. The largest absolute Gasteiger partial charge is 0.497 e. The van der Waals surface area contributed by atoms with Crippen molar-refractivity contribution >= 4 is 0 Å². The van der Waals surface area contributed by atoms with Crippen molar-refractivity contribution in [1.29, 1.82) is 0 Å². The molecule has 0 spiro atoms. The van der Waals surface area contributed by atoms with E-state index in [-0.39, 0.29) is 0 Å². The molecule has 0 radical (unpaired) electrons. The van der Waals surface area contributed by atoms with E-state index in [9.17, 15) is 0 Å². The molecule has 16 heavy (non-hydrogen) atoms. The first-order valence-corrected chi connectivity index (χ1v) is 6.40. The maximum Gasteiger partial charge on any atom is 0.119 e. The summed E-state index contributed by atoms with van der Waals surface area (Å²) in [6.07, 6.45) is 6.81. The molecule has 0 amide bonds. The highest BCUT2D eigenvalue weighted by molar-refractivity contribution is 5.41. The van der Waals surface area contributed by atoms with E-state index >= 15 is 0 Å². The number of rotatable bonds is 1. The molecule has 1 aromatic carbocycles. The Balaban J connectivity index is 2.04. The highest BCUT2D eigenvalue weighted by atomic mass is 16.5. The number of hydrogen-bond acceptors (Lipinski definition) is 1. The van der Waals surface area contributed by atoms with Crippen LogP contribution in [0, 0.1) is 5.41 Å². The zero-order valence-corrected chi connectivity index (χ0v) is 10.3. The molecule has 2 atom stereocenters. The van der Waals surface area contributed by atoms with E-state index in [2.05, 4.69) is 25.1 Å². The van der Waals surface area contributed by atoms with Crippen LogP contribution in [0.3, 0.4) is 0 Å². The molecule has 0 aromatic heterocycles. The minimum absolute atomic E-state index is 0.585. The summed E-state index contributed by atoms with van der Waals surface area (Å²) in [5, 5.41) is 0. The first kappa shape index (κ1) is 10.2. The number of benzene rings is 1. The van der Waals surface area contributed by atoms with Gasteiger partial charge in [0.15, 0.2) is 0 Å². The number of hydrogen-bond donors (Lipinski definition) is 0. The van der Waals surface area contributed by atoms with E-state index in [0.717, 1.165) is 11.7 Å². The van der Waals surface area contributed by atoms with Crippen LogP contribution in [0.4, 0.5) is 0 Å². The Kier molecular flexibility index (Phi) is 2.24. The van der Waals surface area contributed by atoms with Crippen LogP contribution >= 0.6 is 0 Å². The Morgan fingerprint density at radius 2 is 2.19 bits per heavy atom. The van der Waals surface area contributed by atoms with Crippen molar-refractivity contribution in [3.8, 4) is 5.75 Å². The third kappa shape index (κ3) is 1.37. The van der Waals surface area contributed by atoms with Crippen LogP contribution in [-0.2, 0) is 6.42 Å². The monoisotopic (exact) mass is 216 g/mol. The van der Waals surface area contributed by atoms with E-state index < -0.39 is 0 Å². The molecule has 2 aliphatic carbocycles. The molecule has 0 N–H and O–H groups in total. The lowest BCUT2D eigenvalue weighted by Crippen LogP contribution is -2.26. The summed E-state index contributed by atoms with van der Waals surface area (Å²) in [5.41, 5.74) is 3.72. The fourth-order valence-corrected chi connectivity index (χ4v) is 3.75. The fraction of sp³-hybridized carbons (Fsp3) is 0.600. The van der Waals surface area contributed by atoms with E-state index in [1.54, 1.807) is 12.7 Å². The van der Waals surface area contributed by atoms with Crippen molar-refractivity contribution in [1.82, 2.24) is 0 Å². The molecule has 0 heterocycles. The molecule has 1 heteroatoms. The van der Waals surface area contributed by atoms with Crippen molar-refractivity contribution < 1.29 is 4.74 Å². The van der Waals surface area contributed by atoms with Crippen molar-refractivity contribution in [2.45, 2.75) is 44.9 Å². The van der Waals surface area contributed by atoms with E-state index in [4.69, 9.17) is 4.74 Å². The van der Waals surface area contributed by atoms with Gasteiger partial charge < -0.3 is 4.74 Å². The topological polar surface area (TPSA) is 9.23 Å². The van der Waals surface area contributed by atoms with Gasteiger partial charge in [-0.3, -0.25) is 0 Å². The lowest BCUT2D eigenvalue weighted by molar-refractivity contribution is 0.252. The summed E-state index contributed by atoms with van der Waals surface area (Å²) in [6.45, 7) is 2.48. The zero-order valence-electron chi connectivity index (χ0n) is 10.3. The first-order valence-electron chi connectivity index (χ1n) is 6.40. The Labute approximate surface area is 97.8 Å². The van der Waals surface area contributed by atoms with E-state index in [1.807, 2.05) is 0 Å². The number of ether oxygens (including phenoxy) is 1. The van der Waals surface area contributed by atoms with Gasteiger partial charge in [-0.25, -0.2) is 0 Å². The SMILES string of the molecule is COc1ccc2c(c1)CC[C@]1(C)CCC[C@@H]21. The average Bonchev–Trinajstić information content (AvgIpc) is 2.70. The summed E-state index contributed by atoms with van der Waals surface area (Å²) in [6, 6.07) is 6.68. The molecule has 1 nitrogen and oxygen atoms in total. The minimum atomic E-state index is 0.585. The minimum Gasteiger partial charge on any atom is -0.497 e. The van der Waals surface area contributed by atoms with Crippen molar-refractivity contribution in [3.05, 3.63) is 29.3 Å². The lowest BCUT2D eigenvalue weighted by Gasteiger charge is -2.38. The van der Waals surface area contributed by atoms with Gasteiger partial charge in [-0.05, 0) is 60.3 Å². The summed E-state index contributed by atoms with van der Waals surface area (Å²) in [5.74, 6) is 1.82. The molecular weight excluding hydrogens is 196 g/mol. The normalized spacial score (nSPS) is 32.0. The lowest BCUT2D eigenvalue weighted by atomic mass is 9.67. The average molecular weight is 216 g/mol. The van der Waals surface area contributed by atoms with Gasteiger partial charge in [-0.15, -0.1) is 0 Å². The maximum atomic E-state index is 5.32. The molecule has 86 valence electrons. The quantitative estimate of drug-likeness (QED) is 0.691. The zero-order chi connectivity index (χ0) is 11.2. The third-order valence-electron chi connectivity index (χ3n) is 4.77. The van der Waals surface area contributed by atoms with Crippen LogP contribution in [0.5, 0.6) is 5.75 Å². The van der Waals surface area contributed by atoms with Gasteiger partial charge in [0.2, 0.25) is 0 Å². The van der Waals surface area contributed by atoms with Crippen LogP contribution < -0.4 is 4.74 Å². The Morgan fingerprint density at radius 3 is 3.00 bits per heavy atom. The summed E-state index contributed by atoms with van der Waals surface area (Å²) in [4.78, 5) is 0. The molecule has 3 rings (SSSR count). The van der Waals surface area contributed by atoms with Crippen LogP contribution in [0.25, 0.3) is 0 Å². The van der Waals surface area contributed by atoms with E-state index in [0.29, 0.717) is 5.41 Å². The standard InChI is InChI=1S/C15H20O/c1-15-8-3-4-14(15)13-6-5-12(16-2)10-11(13)7-9-15/h5-6,10,14H,3-4,7-9H2,1-2H3/t14-,15-/m0/s1. The Hall–Kier alpha value is -0.980. The van der Waals surface area contributed by atoms with Gasteiger partial charge in [0.05, 0.1) is 7.11 Å². The van der Waals surface area contributed by atoms with Crippen molar-refractivity contribution in [2.24, 2.45) is 5.41 Å². The van der Waals surface area contributed by atoms with Crippen LogP contribution in [-0.4, -0.2) is 7.11 Å². The summed E-state index contributed by atoms with van der Waals surface area (Å²) >= 11 is 0. The Bertz CT molecular complexity index is 410. The number of methoxy groups -OCH3 is 1. The van der Waals surface area contributed by atoms with Gasteiger partial charge in [0.1, 0.15) is 5.75 Å². The highest BCUT2D eigenvalue weighted by Gasteiger charge is 2.42. The van der Waals surface area contributed by atoms with Gasteiger partial charge in [-0.1, -0.05) is 19.4 Å². The smallest absolute Gasteiger partial charge is 0.119 e. The second kappa shape index (κ2) is 3.51. The predicted octanol–water partition coefficient (Wildman–Crippen LogP) is 3.92. The highest BCUT2D eigenvalue weighted by Crippen LogP contribution is 2.55. The molecule has 1 saturated carbocycles. The number of aryl methyl sites for hydroxylation is 1. The van der Waals surface area contributed by atoms with Crippen LogP contribution in [0.1, 0.15) is 49.7 Å². The van der Waals surface area contributed by atoms with Gasteiger partial charge in [-0.2, -0.15) is 0 Å². The molecule has 0 saturated heterocycles. The van der Waals surface area contributed by atoms with Crippen molar-refractivity contribution in [2.75, 3.05) is 7.11 Å². The van der Waals surface area contributed by atoms with Crippen molar-refractivity contribution in [3.63, 3.8) is 0 Å². The molecule has 0 aliphatic heterocycles. The van der Waals surface area contributed by atoms with E-state index in [1.165, 1.54) is 37.7 Å². The third-order valence-corrected chi connectivity index (χ3v) is 4.77. The fourth-order valence-electron chi connectivity index (χ4n) is 3.75. The molecule has 2 aliphatic rings. The second-order valence-corrected chi connectivity index (χ2v) is 5.66. The maximum absolute atomic E-state index is 5.32. The second-order valence-electron chi connectivity index (χ2n) is 5.66. The van der Waals surface area contributed by atoms with Gasteiger partial charge in [0, 0.05) is 0 Å². The Morgan fingerprint density at radius 1 is 1.31 bits per heavy atom. The van der Waals surface area contributed by atoms with Gasteiger partial charge >= 0.3 is 0 Å². The van der Waals surface area contributed by atoms with Gasteiger partial charge in [0.25, 0.3) is 0 Å². The summed E-state index contributed by atoms with van der Waals surface area (Å²) < 4.78 is 5.32. The summed E-state index contributed by atoms with van der Waals surface area (Å²) in [7, 11) is 1.75. The first-order chi connectivity index (χ1) is 7.73. The molecule has 1 aromatic rings. The molecule has 0 unspecified atom stereocenters. The number of fused-ring (bicyclic) bond motifs is 3. The van der Waals surface area contributed by atoms with Crippen LogP contribution in [0.2, 0.25) is 0 Å². The molecular formula is C15H20O.